The van der Waals surface area contributed by atoms with Crippen LogP contribution in [0.25, 0.3) is 22.3 Å². The molecule has 0 aliphatic rings. The van der Waals surface area contributed by atoms with Gasteiger partial charge in [0.1, 0.15) is 17.6 Å². The molecule has 1 heterocycles. The molecule has 17 heavy (non-hydrogen) atoms. The zero-order valence-corrected chi connectivity index (χ0v) is 9.09. The highest BCUT2D eigenvalue weighted by Gasteiger charge is 2.05. The molecule has 0 radical (unpaired) electrons. The lowest BCUT2D eigenvalue weighted by molar-refractivity contribution is 0.112. The number of carbonyl (C=O) groups is 1. The second kappa shape index (κ2) is 3.91. The van der Waals surface area contributed by atoms with E-state index in [0.29, 0.717) is 5.56 Å². The number of hydrogen-bond acceptors (Lipinski definition) is 2. The van der Waals surface area contributed by atoms with Crippen molar-refractivity contribution in [2.75, 3.05) is 0 Å². The second-order valence-electron chi connectivity index (χ2n) is 3.89. The number of rotatable bonds is 2. The lowest BCUT2D eigenvalue weighted by atomic mass is 10.1. The Hall–Kier alpha value is -2.35. The highest BCUT2D eigenvalue weighted by atomic mass is 16.3. The van der Waals surface area contributed by atoms with E-state index in [9.17, 15) is 4.79 Å². The summed E-state index contributed by atoms with van der Waals surface area (Å²) in [5.41, 5.74) is 2.41. The molecule has 1 aromatic heterocycles. The average Bonchev–Trinajstić information content (AvgIpc) is 2.82. The summed E-state index contributed by atoms with van der Waals surface area (Å²) in [6.45, 7) is 0. The Morgan fingerprint density at radius 3 is 2.53 bits per heavy atom. The van der Waals surface area contributed by atoms with Crippen LogP contribution in [-0.4, -0.2) is 6.29 Å². The lowest BCUT2D eigenvalue weighted by Gasteiger charge is -1.93. The van der Waals surface area contributed by atoms with Gasteiger partial charge in [-0.1, -0.05) is 42.5 Å². The van der Waals surface area contributed by atoms with Gasteiger partial charge in [0.05, 0.1) is 0 Å². The summed E-state index contributed by atoms with van der Waals surface area (Å²) in [5, 5.41) is 1.01. The molecule has 0 bridgehead atoms. The molecule has 2 heteroatoms. The second-order valence-corrected chi connectivity index (χ2v) is 3.89. The zero-order chi connectivity index (χ0) is 11.7. The fourth-order valence-corrected chi connectivity index (χ4v) is 1.87. The van der Waals surface area contributed by atoms with Crippen LogP contribution in [0.4, 0.5) is 0 Å². The number of fused-ring (bicyclic) bond motifs is 1. The van der Waals surface area contributed by atoms with E-state index >= 15 is 0 Å². The molecule has 0 aliphatic carbocycles. The van der Waals surface area contributed by atoms with Gasteiger partial charge in [0.25, 0.3) is 0 Å². The first-order valence-corrected chi connectivity index (χ1v) is 5.41. The summed E-state index contributed by atoms with van der Waals surface area (Å²) in [6, 6.07) is 17.3. The van der Waals surface area contributed by atoms with Crippen molar-refractivity contribution in [3.63, 3.8) is 0 Å². The van der Waals surface area contributed by atoms with Crippen molar-refractivity contribution in [1.29, 1.82) is 0 Å². The molecule has 0 atom stereocenters. The molecule has 0 N–H and O–H groups in total. The Labute approximate surface area is 98.5 Å². The monoisotopic (exact) mass is 222 g/mol. The predicted molar refractivity (Wildman–Crippen MR) is 67.0 cm³/mol. The molecule has 0 fully saturated rings. The summed E-state index contributed by atoms with van der Waals surface area (Å²) in [4.78, 5) is 10.7. The van der Waals surface area contributed by atoms with Crippen molar-refractivity contribution in [1.82, 2.24) is 0 Å². The molecule has 2 nitrogen and oxygen atoms in total. The molecule has 0 spiro atoms. The third kappa shape index (κ3) is 1.74. The van der Waals surface area contributed by atoms with Gasteiger partial charge >= 0.3 is 0 Å². The summed E-state index contributed by atoms with van der Waals surface area (Å²) < 4.78 is 5.74. The van der Waals surface area contributed by atoms with Gasteiger partial charge < -0.3 is 4.42 Å². The van der Waals surface area contributed by atoms with Gasteiger partial charge in [-0.05, 0) is 12.1 Å². The smallest absolute Gasteiger partial charge is 0.150 e. The minimum atomic E-state index is 0.631. The molecular weight excluding hydrogens is 212 g/mol. The normalized spacial score (nSPS) is 10.6. The van der Waals surface area contributed by atoms with Crippen LogP contribution >= 0.6 is 0 Å². The van der Waals surface area contributed by atoms with E-state index in [1.54, 1.807) is 12.1 Å². The molecule has 0 saturated carbocycles. The Kier molecular flexibility index (Phi) is 2.26. The molecule has 0 aliphatic heterocycles. The molecule has 2 aromatic carbocycles. The van der Waals surface area contributed by atoms with Crippen molar-refractivity contribution >= 4 is 17.3 Å². The average molecular weight is 222 g/mol. The van der Waals surface area contributed by atoms with Gasteiger partial charge in [0.2, 0.25) is 0 Å². The summed E-state index contributed by atoms with van der Waals surface area (Å²) in [6.07, 6.45) is 0.824. The molecule has 82 valence electrons. The van der Waals surface area contributed by atoms with Gasteiger partial charge in [-0.2, -0.15) is 0 Å². The third-order valence-corrected chi connectivity index (χ3v) is 2.74. The molecule has 3 aromatic rings. The maximum Gasteiger partial charge on any atom is 0.150 e. The molecule has 0 unspecified atom stereocenters. The molecular formula is C15H10O2. The highest BCUT2D eigenvalue weighted by molar-refractivity contribution is 5.88. The van der Waals surface area contributed by atoms with Crippen molar-refractivity contribution in [2.24, 2.45) is 0 Å². The van der Waals surface area contributed by atoms with Crippen LogP contribution < -0.4 is 0 Å². The number of benzene rings is 2. The number of carbonyl (C=O) groups excluding carboxylic acids is 1. The fourth-order valence-electron chi connectivity index (χ4n) is 1.87. The quantitative estimate of drug-likeness (QED) is 0.615. The predicted octanol–water partition coefficient (Wildman–Crippen LogP) is 3.91. The van der Waals surface area contributed by atoms with Crippen LogP contribution in [0.1, 0.15) is 10.4 Å². The van der Waals surface area contributed by atoms with Crippen LogP contribution in [0.3, 0.4) is 0 Å². The van der Waals surface area contributed by atoms with Gasteiger partial charge in [-0.25, -0.2) is 0 Å². The van der Waals surface area contributed by atoms with Crippen molar-refractivity contribution in [3.05, 3.63) is 60.2 Å². The van der Waals surface area contributed by atoms with Gasteiger partial charge in [0.15, 0.2) is 0 Å². The first kappa shape index (κ1) is 9.85. The molecule has 0 saturated heterocycles. The summed E-state index contributed by atoms with van der Waals surface area (Å²) >= 11 is 0. The zero-order valence-electron chi connectivity index (χ0n) is 9.09. The number of aldehydes is 1. The number of hydrogen-bond donors (Lipinski definition) is 0. The Morgan fingerprint density at radius 2 is 1.76 bits per heavy atom. The van der Waals surface area contributed by atoms with Crippen molar-refractivity contribution in [2.45, 2.75) is 0 Å². The van der Waals surface area contributed by atoms with E-state index in [1.165, 1.54) is 0 Å². The fraction of sp³-hybridized carbons (Fsp3) is 0. The van der Waals surface area contributed by atoms with Crippen LogP contribution in [0, 0.1) is 0 Å². The largest absolute Gasteiger partial charge is 0.456 e. The van der Waals surface area contributed by atoms with E-state index in [0.717, 1.165) is 28.6 Å². The number of furan rings is 1. The minimum Gasteiger partial charge on any atom is -0.456 e. The van der Waals surface area contributed by atoms with Crippen molar-refractivity contribution in [3.8, 4) is 11.3 Å². The maximum atomic E-state index is 10.7. The minimum absolute atomic E-state index is 0.631. The first-order chi connectivity index (χ1) is 8.36. The van der Waals surface area contributed by atoms with Crippen molar-refractivity contribution < 1.29 is 9.21 Å². The van der Waals surface area contributed by atoms with Crippen LogP contribution in [0.5, 0.6) is 0 Å². The summed E-state index contributed by atoms with van der Waals surface area (Å²) in [5.74, 6) is 0.823. The van der Waals surface area contributed by atoms with Crippen LogP contribution in [0.2, 0.25) is 0 Å². The maximum absolute atomic E-state index is 10.7. The van der Waals surface area contributed by atoms with Gasteiger partial charge in [-0.15, -0.1) is 0 Å². The molecule has 3 rings (SSSR count). The van der Waals surface area contributed by atoms with E-state index < -0.39 is 0 Å². The Morgan fingerprint density at radius 1 is 0.941 bits per heavy atom. The topological polar surface area (TPSA) is 30.2 Å². The van der Waals surface area contributed by atoms with E-state index in [2.05, 4.69) is 0 Å². The van der Waals surface area contributed by atoms with Crippen LogP contribution in [-0.2, 0) is 0 Å². The SMILES string of the molecule is O=Cc1ccc2cc(-c3ccccc3)oc2c1. The highest BCUT2D eigenvalue weighted by Crippen LogP contribution is 2.27. The summed E-state index contributed by atoms with van der Waals surface area (Å²) in [7, 11) is 0. The van der Waals surface area contributed by atoms with Gasteiger partial charge in [-0.3, -0.25) is 4.79 Å². The Balaban J connectivity index is 2.17. The van der Waals surface area contributed by atoms with E-state index in [-0.39, 0.29) is 0 Å². The van der Waals surface area contributed by atoms with Gasteiger partial charge in [0, 0.05) is 16.5 Å². The van der Waals surface area contributed by atoms with E-state index in [1.807, 2.05) is 42.5 Å². The van der Waals surface area contributed by atoms with E-state index in [4.69, 9.17) is 4.42 Å². The third-order valence-electron chi connectivity index (χ3n) is 2.74. The Bertz CT molecular complexity index is 666. The lowest BCUT2D eigenvalue weighted by Crippen LogP contribution is -1.75. The first-order valence-electron chi connectivity index (χ1n) is 5.41. The van der Waals surface area contributed by atoms with Crippen LogP contribution in [0.15, 0.2) is 59.0 Å². The standard InChI is InChI=1S/C15H10O2/c16-10-11-6-7-13-9-15(17-14(13)8-11)12-4-2-1-3-5-12/h1-10H. The molecule has 0 amide bonds.